The molecule has 148 valence electrons. The van der Waals surface area contributed by atoms with Crippen molar-refractivity contribution in [3.05, 3.63) is 0 Å². The maximum absolute atomic E-state index is 11.4. The van der Waals surface area contributed by atoms with Gasteiger partial charge in [-0.1, -0.05) is 41.5 Å². The molecule has 1 N–H and O–H groups in total. The van der Waals surface area contributed by atoms with Gasteiger partial charge in [-0.05, 0) is 37.0 Å². The Balaban J connectivity index is 5.34. The zero-order valence-electron chi connectivity index (χ0n) is 17.9. The van der Waals surface area contributed by atoms with E-state index in [1.165, 1.54) is 0 Å². The summed E-state index contributed by atoms with van der Waals surface area (Å²) in [7, 11) is -1.73. The van der Waals surface area contributed by atoms with Gasteiger partial charge in [0.05, 0.1) is 18.8 Å². The molecule has 0 aliphatic rings. The molecule has 5 nitrogen and oxygen atoms in total. The van der Waals surface area contributed by atoms with Crippen molar-refractivity contribution in [1.29, 1.82) is 0 Å². The van der Waals surface area contributed by atoms with Gasteiger partial charge in [0.15, 0.2) is 0 Å². The number of rotatable bonds is 10. The van der Waals surface area contributed by atoms with E-state index < -0.39 is 24.0 Å². The lowest BCUT2D eigenvalue weighted by molar-refractivity contribution is -0.139. The molecule has 7 heteroatoms. The number of hydrogen-bond acceptors (Lipinski definition) is 4. The third-order valence-electron chi connectivity index (χ3n) is 3.89. The van der Waals surface area contributed by atoms with E-state index in [9.17, 15) is 9.90 Å². The van der Waals surface area contributed by atoms with Gasteiger partial charge in [-0.25, -0.2) is 0 Å². The van der Waals surface area contributed by atoms with Crippen LogP contribution in [0.2, 0.25) is 26.2 Å². The number of aliphatic carboxylic acids is 1. The second-order valence-corrected chi connectivity index (χ2v) is 13.5. The van der Waals surface area contributed by atoms with Crippen LogP contribution in [-0.4, -0.2) is 65.9 Å². The molecule has 0 spiro atoms. The first-order valence-corrected chi connectivity index (χ1v) is 13.8. The summed E-state index contributed by atoms with van der Waals surface area (Å²) in [4.78, 5) is 13.4. The maximum atomic E-state index is 11.4. The van der Waals surface area contributed by atoms with Crippen LogP contribution in [0.5, 0.6) is 0 Å². The highest BCUT2D eigenvalue weighted by Crippen LogP contribution is 2.27. The van der Waals surface area contributed by atoms with Gasteiger partial charge in [0.2, 0.25) is 18.1 Å². The Hall–Kier alpha value is -0.216. The molecular weight excluding hydrogens is 350 g/mol. The van der Waals surface area contributed by atoms with Gasteiger partial charge in [0, 0.05) is 13.1 Å². The van der Waals surface area contributed by atoms with Crippen LogP contribution in [-0.2, 0) is 13.6 Å². The third kappa shape index (κ3) is 11.2. The van der Waals surface area contributed by atoms with Gasteiger partial charge < -0.3 is 14.0 Å². The molecule has 0 saturated carbocycles. The zero-order chi connectivity index (χ0) is 20.0. The summed E-state index contributed by atoms with van der Waals surface area (Å²) >= 11 is 0. The first-order valence-electron chi connectivity index (χ1n) is 9.00. The van der Waals surface area contributed by atoms with Crippen LogP contribution < -0.4 is 0 Å². The topological polar surface area (TPSA) is 59.0 Å². The highest BCUT2D eigenvalue weighted by atomic mass is 28.3. The second-order valence-electron chi connectivity index (χ2n) is 9.35. The molecule has 0 fully saturated rings. The Labute approximate surface area is 158 Å². The summed E-state index contributed by atoms with van der Waals surface area (Å²) in [5.74, 6) is -0.808. The summed E-state index contributed by atoms with van der Waals surface area (Å²) in [6, 6.07) is 0. The van der Waals surface area contributed by atoms with Crippen LogP contribution in [0, 0.1) is 10.8 Å². The lowest BCUT2D eigenvalue weighted by Gasteiger charge is -2.40. The highest BCUT2D eigenvalue weighted by molar-refractivity contribution is 6.48. The minimum atomic E-state index is -0.864. The Morgan fingerprint density at radius 1 is 0.880 bits per heavy atom. The van der Waals surface area contributed by atoms with Crippen molar-refractivity contribution in [3.63, 3.8) is 0 Å². The fourth-order valence-electron chi connectivity index (χ4n) is 2.41. The van der Waals surface area contributed by atoms with Crippen molar-refractivity contribution in [2.75, 3.05) is 19.6 Å². The molecule has 0 heterocycles. The van der Waals surface area contributed by atoms with Gasteiger partial charge >= 0.3 is 5.97 Å². The van der Waals surface area contributed by atoms with Crippen LogP contribution in [0.1, 0.15) is 41.5 Å². The standard InChI is InChI=1S/C18H39NO4Si2/c1-17(2,3)14(22-24(7)8)11-19(13-16(20)21)12-15(18(4,5)6)23-25(9)10/h14-15H,11-13H2,1-10H3,(H,20,21). The highest BCUT2D eigenvalue weighted by Gasteiger charge is 2.33. The van der Waals surface area contributed by atoms with E-state index in [0.717, 1.165) is 0 Å². The van der Waals surface area contributed by atoms with Crippen molar-refractivity contribution >= 4 is 24.0 Å². The molecule has 0 aromatic heterocycles. The Kier molecular flexibility index (Phi) is 10.1. The van der Waals surface area contributed by atoms with Crippen LogP contribution in [0.15, 0.2) is 0 Å². The number of carboxylic acids is 1. The van der Waals surface area contributed by atoms with Crippen molar-refractivity contribution in [1.82, 2.24) is 4.90 Å². The first kappa shape index (κ1) is 24.8. The molecule has 0 rings (SSSR count). The fraction of sp³-hybridized carbons (Fsp3) is 0.944. The van der Waals surface area contributed by atoms with Crippen molar-refractivity contribution in [2.45, 2.75) is 79.9 Å². The third-order valence-corrected chi connectivity index (χ3v) is 5.41. The monoisotopic (exact) mass is 389 g/mol. The minimum absolute atomic E-state index is 0.00406. The molecule has 0 aliphatic heterocycles. The van der Waals surface area contributed by atoms with E-state index in [1.54, 1.807) is 0 Å². The molecule has 2 unspecified atom stereocenters. The van der Waals surface area contributed by atoms with Crippen LogP contribution >= 0.6 is 0 Å². The lowest BCUT2D eigenvalue weighted by Crippen LogP contribution is -2.50. The number of carboxylic acid groups (broad SMARTS) is 1. The van der Waals surface area contributed by atoms with Crippen molar-refractivity contribution in [3.8, 4) is 0 Å². The maximum Gasteiger partial charge on any atom is 0.317 e. The molecule has 2 radical (unpaired) electrons. The molecule has 0 amide bonds. The summed E-state index contributed by atoms with van der Waals surface area (Å²) in [5, 5.41) is 9.37. The van der Waals surface area contributed by atoms with Gasteiger partial charge in [0.1, 0.15) is 0 Å². The molecule has 0 aromatic carbocycles. The summed E-state index contributed by atoms with van der Waals surface area (Å²) in [6.07, 6.45) is 0.00812. The van der Waals surface area contributed by atoms with E-state index in [2.05, 4.69) is 67.7 Å². The summed E-state index contributed by atoms with van der Waals surface area (Å²) < 4.78 is 12.4. The first-order chi connectivity index (χ1) is 11.1. The number of nitrogens with zero attached hydrogens (tertiary/aromatic N) is 1. The number of carbonyl (C=O) groups is 1. The minimum Gasteiger partial charge on any atom is -0.480 e. The van der Waals surface area contributed by atoms with E-state index in [-0.39, 0.29) is 29.6 Å². The van der Waals surface area contributed by atoms with Crippen LogP contribution in [0.4, 0.5) is 0 Å². The molecule has 0 aromatic rings. The Morgan fingerprint density at radius 2 is 1.20 bits per heavy atom. The van der Waals surface area contributed by atoms with E-state index in [1.807, 2.05) is 4.90 Å². The second kappa shape index (κ2) is 10.2. The molecule has 25 heavy (non-hydrogen) atoms. The van der Waals surface area contributed by atoms with E-state index in [0.29, 0.717) is 13.1 Å². The normalized spacial score (nSPS) is 15.9. The lowest BCUT2D eigenvalue weighted by atomic mass is 9.87. The van der Waals surface area contributed by atoms with Gasteiger partial charge in [-0.15, -0.1) is 0 Å². The average Bonchev–Trinajstić information content (AvgIpc) is 2.32. The predicted octanol–water partition coefficient (Wildman–Crippen LogP) is 3.74. The van der Waals surface area contributed by atoms with E-state index in [4.69, 9.17) is 8.85 Å². The van der Waals surface area contributed by atoms with Gasteiger partial charge in [0.25, 0.3) is 0 Å². The van der Waals surface area contributed by atoms with Gasteiger partial charge in [-0.3, -0.25) is 9.69 Å². The SMILES string of the molecule is C[Si](C)OC(CN(CC(=O)O)CC(O[Si](C)C)C(C)(C)C)C(C)(C)C. The van der Waals surface area contributed by atoms with Crippen LogP contribution in [0.25, 0.3) is 0 Å². The van der Waals surface area contributed by atoms with E-state index >= 15 is 0 Å². The van der Waals surface area contributed by atoms with Gasteiger partial charge in [-0.2, -0.15) is 0 Å². The van der Waals surface area contributed by atoms with Crippen molar-refractivity contribution in [2.24, 2.45) is 10.8 Å². The molecule has 0 saturated heterocycles. The molecule has 2 atom stereocenters. The Morgan fingerprint density at radius 3 is 1.40 bits per heavy atom. The molecule has 0 aliphatic carbocycles. The summed E-state index contributed by atoms with van der Waals surface area (Å²) in [6.45, 7) is 22.6. The fourth-order valence-corrected chi connectivity index (χ4v) is 4.40. The largest absolute Gasteiger partial charge is 0.480 e. The van der Waals surface area contributed by atoms with Crippen LogP contribution in [0.3, 0.4) is 0 Å². The zero-order valence-corrected chi connectivity index (χ0v) is 19.9. The molecule has 0 bridgehead atoms. The van der Waals surface area contributed by atoms with Crippen molar-refractivity contribution < 1.29 is 18.8 Å². The quantitative estimate of drug-likeness (QED) is 0.577. The summed E-state index contributed by atoms with van der Waals surface area (Å²) in [5.41, 5.74) is -0.0809. The Bertz CT molecular complexity index is 373. The number of hydrogen-bond donors (Lipinski definition) is 1. The average molecular weight is 390 g/mol. The molecular formula is C18H39NO4Si2. The predicted molar refractivity (Wildman–Crippen MR) is 108 cm³/mol. The smallest absolute Gasteiger partial charge is 0.317 e.